The summed E-state index contributed by atoms with van der Waals surface area (Å²) in [6.45, 7) is 0. The van der Waals surface area contributed by atoms with Gasteiger partial charge in [0.2, 0.25) is 0 Å². The maximum atomic E-state index is 9.47. The highest BCUT2D eigenvalue weighted by molar-refractivity contribution is 6.07. The first-order chi connectivity index (χ1) is 7.34. The number of aromatic hydroxyl groups is 1. The number of hydrogen-bond acceptors (Lipinski definition) is 2. The first-order valence-corrected chi connectivity index (χ1v) is 4.80. The van der Waals surface area contributed by atoms with Crippen LogP contribution in [0.1, 0.15) is 0 Å². The van der Waals surface area contributed by atoms with Gasteiger partial charge in [-0.2, -0.15) is 0 Å². The molecule has 0 bridgehead atoms. The fourth-order valence-electron chi connectivity index (χ4n) is 1.88. The van der Waals surface area contributed by atoms with Crippen LogP contribution in [-0.2, 0) is 0 Å². The molecule has 0 unspecified atom stereocenters. The monoisotopic (exact) mass is 195 g/mol. The van der Waals surface area contributed by atoms with E-state index in [0.29, 0.717) is 5.75 Å². The molecule has 15 heavy (non-hydrogen) atoms. The summed E-state index contributed by atoms with van der Waals surface area (Å²) in [6.07, 6.45) is 3.61. The van der Waals surface area contributed by atoms with Gasteiger partial charge in [0.25, 0.3) is 0 Å². The quantitative estimate of drug-likeness (QED) is 0.559. The number of benzene rings is 2. The van der Waals surface area contributed by atoms with Crippen molar-refractivity contribution < 1.29 is 5.11 Å². The maximum absolute atomic E-state index is 9.47. The molecule has 1 N–H and O–H groups in total. The largest absolute Gasteiger partial charge is 0.508 e. The standard InChI is InChI=1S/C13H9NO/c15-11-4-3-9-1-2-10-5-6-14-8-13(10)12(9)7-11/h1-8,15H. The van der Waals surface area contributed by atoms with E-state index < -0.39 is 0 Å². The SMILES string of the molecule is Oc1ccc2ccc3ccncc3c2c1. The minimum absolute atomic E-state index is 0.291. The van der Waals surface area contributed by atoms with Crippen LogP contribution >= 0.6 is 0 Å². The van der Waals surface area contributed by atoms with Crippen LogP contribution in [0.5, 0.6) is 5.75 Å². The van der Waals surface area contributed by atoms with Gasteiger partial charge in [-0.05, 0) is 34.4 Å². The van der Waals surface area contributed by atoms with Crippen LogP contribution in [0.15, 0.2) is 48.8 Å². The summed E-state index contributed by atoms with van der Waals surface area (Å²) in [7, 11) is 0. The summed E-state index contributed by atoms with van der Waals surface area (Å²) < 4.78 is 0. The van der Waals surface area contributed by atoms with Crippen LogP contribution in [0, 0.1) is 0 Å². The highest BCUT2D eigenvalue weighted by Crippen LogP contribution is 2.27. The third kappa shape index (κ3) is 1.22. The molecule has 1 aromatic heterocycles. The van der Waals surface area contributed by atoms with E-state index in [1.807, 2.05) is 18.3 Å². The van der Waals surface area contributed by atoms with Gasteiger partial charge in [0.1, 0.15) is 5.75 Å². The molecule has 2 heteroatoms. The number of phenols is 1. The molecule has 2 nitrogen and oxygen atoms in total. The molecule has 0 saturated carbocycles. The Hall–Kier alpha value is -2.09. The zero-order valence-corrected chi connectivity index (χ0v) is 8.01. The second kappa shape index (κ2) is 2.95. The van der Waals surface area contributed by atoms with Crippen molar-refractivity contribution in [3.05, 3.63) is 48.8 Å². The zero-order chi connectivity index (χ0) is 10.3. The lowest BCUT2D eigenvalue weighted by Crippen LogP contribution is -1.78. The van der Waals surface area contributed by atoms with Gasteiger partial charge < -0.3 is 5.11 Å². The van der Waals surface area contributed by atoms with Crippen LogP contribution in [0.4, 0.5) is 0 Å². The minimum Gasteiger partial charge on any atom is -0.508 e. The number of hydrogen-bond donors (Lipinski definition) is 1. The predicted molar refractivity (Wildman–Crippen MR) is 60.9 cm³/mol. The molecule has 0 aliphatic carbocycles. The fraction of sp³-hybridized carbons (Fsp3) is 0. The number of pyridine rings is 1. The first kappa shape index (κ1) is 8.24. The summed E-state index contributed by atoms with van der Waals surface area (Å²) in [5, 5.41) is 13.8. The van der Waals surface area contributed by atoms with Gasteiger partial charge in [0.05, 0.1) is 0 Å². The Morgan fingerprint density at radius 3 is 2.47 bits per heavy atom. The van der Waals surface area contributed by atoms with Crippen molar-refractivity contribution in [2.24, 2.45) is 0 Å². The topological polar surface area (TPSA) is 33.1 Å². The van der Waals surface area contributed by atoms with Gasteiger partial charge in [-0.25, -0.2) is 0 Å². The van der Waals surface area contributed by atoms with Gasteiger partial charge in [-0.15, -0.1) is 0 Å². The Morgan fingerprint density at radius 2 is 1.60 bits per heavy atom. The summed E-state index contributed by atoms with van der Waals surface area (Å²) in [6, 6.07) is 11.5. The Labute approximate surface area is 86.8 Å². The van der Waals surface area contributed by atoms with E-state index in [1.165, 1.54) is 0 Å². The molecule has 3 aromatic rings. The van der Waals surface area contributed by atoms with E-state index in [4.69, 9.17) is 0 Å². The Balaban J connectivity index is 2.57. The van der Waals surface area contributed by atoms with E-state index in [1.54, 1.807) is 18.3 Å². The Bertz CT molecular complexity index is 646. The highest BCUT2D eigenvalue weighted by atomic mass is 16.3. The lowest BCUT2D eigenvalue weighted by molar-refractivity contribution is 0.476. The summed E-state index contributed by atoms with van der Waals surface area (Å²) >= 11 is 0. The molecule has 0 fully saturated rings. The molecule has 0 aliphatic rings. The Morgan fingerprint density at radius 1 is 0.867 bits per heavy atom. The molecule has 0 saturated heterocycles. The zero-order valence-electron chi connectivity index (χ0n) is 8.01. The van der Waals surface area contributed by atoms with Crippen molar-refractivity contribution >= 4 is 21.5 Å². The van der Waals surface area contributed by atoms with E-state index in [0.717, 1.165) is 21.5 Å². The normalized spacial score (nSPS) is 10.9. The number of nitrogens with zero attached hydrogens (tertiary/aromatic N) is 1. The second-order valence-electron chi connectivity index (χ2n) is 3.57. The third-order valence-corrected chi connectivity index (χ3v) is 2.62. The summed E-state index contributed by atoms with van der Waals surface area (Å²) in [4.78, 5) is 4.11. The number of fused-ring (bicyclic) bond motifs is 3. The number of rotatable bonds is 0. The smallest absolute Gasteiger partial charge is 0.116 e. The predicted octanol–water partition coefficient (Wildman–Crippen LogP) is 3.09. The molecular weight excluding hydrogens is 186 g/mol. The van der Waals surface area contributed by atoms with Crippen molar-refractivity contribution in [1.29, 1.82) is 0 Å². The maximum Gasteiger partial charge on any atom is 0.116 e. The van der Waals surface area contributed by atoms with Gasteiger partial charge >= 0.3 is 0 Å². The van der Waals surface area contributed by atoms with E-state index in [2.05, 4.69) is 17.1 Å². The van der Waals surface area contributed by atoms with Crippen molar-refractivity contribution in [2.75, 3.05) is 0 Å². The molecule has 1 heterocycles. The molecule has 2 aromatic carbocycles. The fourth-order valence-corrected chi connectivity index (χ4v) is 1.88. The lowest BCUT2D eigenvalue weighted by Gasteiger charge is -2.03. The lowest BCUT2D eigenvalue weighted by atomic mass is 10.0. The molecule has 0 amide bonds. The molecular formula is C13H9NO. The Kier molecular flexibility index (Phi) is 1.62. The van der Waals surface area contributed by atoms with Crippen molar-refractivity contribution in [3.63, 3.8) is 0 Å². The van der Waals surface area contributed by atoms with Crippen molar-refractivity contribution in [2.45, 2.75) is 0 Å². The van der Waals surface area contributed by atoms with Crippen LogP contribution in [-0.4, -0.2) is 10.1 Å². The summed E-state index contributed by atoms with van der Waals surface area (Å²) in [5.74, 6) is 0.291. The van der Waals surface area contributed by atoms with E-state index >= 15 is 0 Å². The summed E-state index contributed by atoms with van der Waals surface area (Å²) in [5.41, 5.74) is 0. The molecule has 0 radical (unpaired) electrons. The first-order valence-electron chi connectivity index (χ1n) is 4.80. The highest BCUT2D eigenvalue weighted by Gasteiger charge is 2.00. The van der Waals surface area contributed by atoms with Gasteiger partial charge in [-0.3, -0.25) is 4.98 Å². The van der Waals surface area contributed by atoms with Gasteiger partial charge in [-0.1, -0.05) is 18.2 Å². The number of aromatic nitrogens is 1. The minimum atomic E-state index is 0.291. The molecule has 0 atom stereocenters. The van der Waals surface area contributed by atoms with Gasteiger partial charge in [0.15, 0.2) is 0 Å². The average molecular weight is 195 g/mol. The van der Waals surface area contributed by atoms with Crippen molar-refractivity contribution in [1.82, 2.24) is 4.98 Å². The van der Waals surface area contributed by atoms with Crippen LogP contribution in [0.25, 0.3) is 21.5 Å². The molecule has 3 rings (SSSR count). The third-order valence-electron chi connectivity index (χ3n) is 2.62. The van der Waals surface area contributed by atoms with Crippen LogP contribution in [0.3, 0.4) is 0 Å². The average Bonchev–Trinajstić information content (AvgIpc) is 2.29. The number of phenolic OH excluding ortho intramolecular Hbond substituents is 1. The molecule has 0 aliphatic heterocycles. The van der Waals surface area contributed by atoms with Gasteiger partial charge in [0, 0.05) is 17.8 Å². The van der Waals surface area contributed by atoms with E-state index in [-0.39, 0.29) is 0 Å². The van der Waals surface area contributed by atoms with E-state index in [9.17, 15) is 5.11 Å². The second-order valence-corrected chi connectivity index (χ2v) is 3.57. The molecule has 0 spiro atoms. The van der Waals surface area contributed by atoms with Crippen LogP contribution in [0.2, 0.25) is 0 Å². The molecule has 72 valence electrons. The van der Waals surface area contributed by atoms with Crippen molar-refractivity contribution in [3.8, 4) is 5.75 Å². The van der Waals surface area contributed by atoms with Crippen LogP contribution < -0.4 is 0 Å².